The molecule has 0 aromatic rings. The number of hydrogen-bond acceptors (Lipinski definition) is 3. The van der Waals surface area contributed by atoms with Crippen molar-refractivity contribution in [1.82, 2.24) is 0 Å². The van der Waals surface area contributed by atoms with Crippen LogP contribution in [-0.2, 0) is 21.7 Å². The van der Waals surface area contributed by atoms with E-state index in [2.05, 4.69) is 6.92 Å². The van der Waals surface area contributed by atoms with Crippen molar-refractivity contribution in [3.8, 4) is 0 Å². The summed E-state index contributed by atoms with van der Waals surface area (Å²) in [5, 5.41) is 24.2. The fourth-order valence-electron chi connectivity index (χ4n) is 0. The molecule has 0 spiro atoms. The Hall–Kier alpha value is 0.594. The second kappa shape index (κ2) is 29.3. The van der Waals surface area contributed by atoms with Crippen molar-refractivity contribution >= 4 is 0 Å². The van der Waals surface area contributed by atoms with E-state index < -0.39 is 6.85 Å². The van der Waals surface area contributed by atoms with Gasteiger partial charge in [-0.3, -0.25) is 0 Å². The predicted octanol–water partition coefficient (Wildman–Crippen LogP) is 2.00. The van der Waals surface area contributed by atoms with Crippen LogP contribution in [0.4, 0.5) is 0 Å². The summed E-state index contributed by atoms with van der Waals surface area (Å²) in [6.45, 7) is 11.1. The van der Waals surface area contributed by atoms with E-state index in [4.69, 9.17) is 19.4 Å². The van der Waals surface area contributed by atoms with Crippen LogP contribution in [0.5, 0.6) is 0 Å². The van der Waals surface area contributed by atoms with Gasteiger partial charge in [0.1, 0.15) is 0 Å². The average molecular weight is 260 g/mol. The summed E-state index contributed by atoms with van der Waals surface area (Å²) in [6.07, 6.45) is -0.500. The summed E-state index contributed by atoms with van der Waals surface area (Å²) in [6, 6.07) is 0. The molecule has 0 aliphatic heterocycles. The summed E-state index contributed by atoms with van der Waals surface area (Å²) in [5.41, 5.74) is 0. The third-order valence-corrected chi connectivity index (χ3v) is 0. The maximum atomic E-state index is 8.06. The van der Waals surface area contributed by atoms with Gasteiger partial charge in [-0.2, -0.15) is 6.85 Å². The minimum Gasteiger partial charge on any atom is -0.394 e. The second-order valence-corrected chi connectivity index (χ2v) is 3.28. The van der Waals surface area contributed by atoms with Gasteiger partial charge in [0.05, 0.1) is 0 Å². The van der Waals surface area contributed by atoms with Crippen LogP contribution in [0.3, 0.4) is 0 Å². The predicted molar refractivity (Wildman–Crippen MR) is 63.1 cm³/mol. The molecule has 96 valence electrons. The van der Waals surface area contributed by atoms with Gasteiger partial charge in [0, 0.05) is 40.0 Å². The van der Waals surface area contributed by atoms with Crippen molar-refractivity contribution in [2.24, 2.45) is 0 Å². The summed E-state index contributed by atoms with van der Waals surface area (Å²) < 4.78 is 18.5. The van der Waals surface area contributed by atoms with E-state index in [0.29, 0.717) is 0 Å². The minimum absolute atomic E-state index is 0. The van der Waals surface area contributed by atoms with Crippen LogP contribution in [0.2, 0.25) is 0 Å². The molecule has 0 radical (unpaired) electrons. The van der Waals surface area contributed by atoms with Crippen molar-refractivity contribution in [3.05, 3.63) is 6.92 Å². The topological polar surface area (TPSA) is 60.7 Å². The van der Waals surface area contributed by atoms with Crippen molar-refractivity contribution < 1.29 is 41.1 Å². The molecule has 0 aromatic carbocycles. The Labute approximate surface area is 115 Å². The molecule has 0 amide bonds. The van der Waals surface area contributed by atoms with Gasteiger partial charge in [0.15, 0.2) is 0 Å². The number of rotatable bonds is 0. The van der Waals surface area contributed by atoms with Gasteiger partial charge in [-0.25, -0.2) is 0 Å². The van der Waals surface area contributed by atoms with Crippen molar-refractivity contribution in [1.29, 1.82) is 0 Å². The number of aliphatic hydroxyl groups is 3. The molecule has 3 nitrogen and oxygen atoms in total. The van der Waals surface area contributed by atoms with E-state index in [0.717, 1.165) is 0 Å². The van der Waals surface area contributed by atoms with E-state index in [1.54, 1.807) is 41.5 Å². The standard InChI is InChI=1S/3C3H8O.C2H5.Ti/c3*1-3(2)4;1-2;/h3*3-4H,1-2H3;1H2,2H3;/q;;;-1;/i;;;2D3;. The number of hydrogen-bond donors (Lipinski definition) is 3. The van der Waals surface area contributed by atoms with Gasteiger partial charge >= 0.3 is 0 Å². The summed E-state index contributed by atoms with van der Waals surface area (Å²) >= 11 is 0. The van der Waals surface area contributed by atoms with Crippen LogP contribution in [0.1, 0.15) is 52.5 Å². The largest absolute Gasteiger partial charge is 0.394 e. The second-order valence-electron chi connectivity index (χ2n) is 3.28. The third kappa shape index (κ3) is 6550. The molecule has 0 bridgehead atoms. The minimum atomic E-state index is -2.00. The van der Waals surface area contributed by atoms with Crippen LogP contribution in [-0.4, -0.2) is 33.6 Å². The summed E-state index contributed by atoms with van der Waals surface area (Å²) in [4.78, 5) is 0. The Kier molecular flexibility index (Phi) is 35.1. The molecule has 3 N–H and O–H groups in total. The summed E-state index contributed by atoms with van der Waals surface area (Å²) in [7, 11) is 0. The molecule has 0 aliphatic rings. The molecule has 0 aromatic heterocycles. The van der Waals surface area contributed by atoms with Gasteiger partial charge < -0.3 is 22.2 Å². The first kappa shape index (κ1) is 18.0. The van der Waals surface area contributed by atoms with E-state index in [1.165, 1.54) is 0 Å². The van der Waals surface area contributed by atoms with E-state index in [9.17, 15) is 0 Å². The maximum absolute atomic E-state index is 8.06. The van der Waals surface area contributed by atoms with Gasteiger partial charge in [0.2, 0.25) is 0 Å². The van der Waals surface area contributed by atoms with Crippen LogP contribution >= 0.6 is 0 Å². The van der Waals surface area contributed by atoms with Gasteiger partial charge in [0.25, 0.3) is 0 Å². The Morgan fingerprint density at radius 3 is 0.800 bits per heavy atom. The first-order valence-electron chi connectivity index (χ1n) is 6.09. The molecule has 0 saturated carbocycles. The van der Waals surface area contributed by atoms with E-state index >= 15 is 0 Å². The molecular formula is C11H29O3Ti-. The molecule has 0 rings (SSSR count). The van der Waals surface area contributed by atoms with E-state index in [-0.39, 0.29) is 40.0 Å². The fourth-order valence-corrected chi connectivity index (χ4v) is 0. The normalized spacial score (nSPS) is 11.4. The fraction of sp³-hybridized carbons (Fsp3) is 0.909. The first-order valence-corrected chi connectivity index (χ1v) is 4.59. The SMILES string of the molecule is CC(C)O.CC(C)O.CC(C)O.[2H]C([2H])([2H])[CH2-].[Ti]. The molecular weight excluding hydrogens is 228 g/mol. The van der Waals surface area contributed by atoms with Crippen LogP contribution in [0.25, 0.3) is 0 Å². The zero-order valence-corrected chi connectivity index (χ0v) is 12.3. The van der Waals surface area contributed by atoms with E-state index in [1.807, 2.05) is 0 Å². The zero-order valence-electron chi connectivity index (χ0n) is 13.8. The smallest absolute Gasteiger partial charge is 0.0483 e. The third-order valence-electron chi connectivity index (χ3n) is 0. The first-order chi connectivity index (χ1) is 7.20. The van der Waals surface area contributed by atoms with Gasteiger partial charge in [-0.05, 0) is 45.7 Å². The van der Waals surface area contributed by atoms with Crippen LogP contribution < -0.4 is 0 Å². The zero-order chi connectivity index (χ0) is 15.2. The van der Waals surface area contributed by atoms with Crippen molar-refractivity contribution in [2.45, 2.75) is 66.7 Å². The van der Waals surface area contributed by atoms with Crippen LogP contribution in [0.15, 0.2) is 0 Å². The van der Waals surface area contributed by atoms with Crippen LogP contribution in [0, 0.1) is 6.92 Å². The molecule has 0 atom stereocenters. The molecule has 0 unspecified atom stereocenters. The Morgan fingerprint density at radius 1 is 0.800 bits per heavy atom. The maximum Gasteiger partial charge on any atom is 0.0483 e. The monoisotopic (exact) mass is 260 g/mol. The van der Waals surface area contributed by atoms with Crippen molar-refractivity contribution in [2.75, 3.05) is 0 Å². The van der Waals surface area contributed by atoms with Gasteiger partial charge in [-0.15, -0.1) is 0 Å². The molecule has 0 saturated heterocycles. The quantitative estimate of drug-likeness (QED) is 0.461. The molecule has 0 heterocycles. The average Bonchev–Trinajstić information content (AvgIpc) is 1.73. The molecule has 0 fully saturated rings. The Morgan fingerprint density at radius 2 is 0.800 bits per heavy atom. The molecule has 0 aliphatic carbocycles. The van der Waals surface area contributed by atoms with Crippen molar-refractivity contribution in [3.63, 3.8) is 0 Å². The molecule has 4 heteroatoms. The van der Waals surface area contributed by atoms with Gasteiger partial charge in [-0.1, -0.05) is 0 Å². The summed E-state index contributed by atoms with van der Waals surface area (Å²) in [5.74, 6) is 0. The molecule has 15 heavy (non-hydrogen) atoms. The Balaban J connectivity index is -0.0000000412. The Bertz CT molecular complexity index is 101. The number of aliphatic hydroxyl groups excluding tert-OH is 3.